The largest absolute Gasteiger partial charge is 0.487 e. The normalized spacial score (nSPS) is 10.9. The minimum Gasteiger partial charge on any atom is -0.487 e. The lowest BCUT2D eigenvalue weighted by Gasteiger charge is -2.12. The van der Waals surface area contributed by atoms with Crippen molar-refractivity contribution in [2.45, 2.75) is 18.7 Å². The van der Waals surface area contributed by atoms with Gasteiger partial charge in [-0.2, -0.15) is 4.73 Å². The van der Waals surface area contributed by atoms with Gasteiger partial charge in [0.05, 0.1) is 33.6 Å². The summed E-state index contributed by atoms with van der Waals surface area (Å²) < 4.78 is 17.3. The maximum atomic E-state index is 11.7. The summed E-state index contributed by atoms with van der Waals surface area (Å²) in [6.45, 7) is 1.89. The topological polar surface area (TPSA) is 121 Å². The molecule has 0 atom stereocenters. The van der Waals surface area contributed by atoms with Gasteiger partial charge in [-0.05, 0) is 55.6 Å². The van der Waals surface area contributed by atoms with Crippen molar-refractivity contribution < 1.29 is 24.2 Å². The molecule has 220 valence electrons. The number of thioether (sulfide) groups is 1. The first-order chi connectivity index (χ1) is 20.9. The summed E-state index contributed by atoms with van der Waals surface area (Å²) in [6.07, 6.45) is 5.19. The van der Waals surface area contributed by atoms with Crippen LogP contribution in [0.5, 0.6) is 11.5 Å². The first-order valence-electron chi connectivity index (χ1n) is 13.0. The van der Waals surface area contributed by atoms with E-state index in [0.29, 0.717) is 33.6 Å². The summed E-state index contributed by atoms with van der Waals surface area (Å²) in [6, 6.07) is 17.5. The van der Waals surface area contributed by atoms with Crippen molar-refractivity contribution in [2.75, 3.05) is 19.5 Å². The molecule has 0 bridgehead atoms. The number of carbonyl (C=O) groups is 1. The number of nitrogens with zero attached hydrogens (tertiary/aromatic N) is 5. The molecule has 2 aromatic carbocycles. The SMILES string of the molecule is CCOC(=O)COc1cc(Cl)c(-c2nc(-c3ccnc(SC)n3)c(-c3cccc(OCc4ccccn4)c3)n2O)c(Cl)c1. The second-order valence-electron chi connectivity index (χ2n) is 8.87. The zero-order chi connectivity index (χ0) is 30.3. The molecular formula is C30H25Cl2N5O5S. The summed E-state index contributed by atoms with van der Waals surface area (Å²) in [5.41, 5.74) is 2.80. The summed E-state index contributed by atoms with van der Waals surface area (Å²) in [7, 11) is 0. The molecular weight excluding hydrogens is 613 g/mol. The molecule has 0 unspecified atom stereocenters. The van der Waals surface area contributed by atoms with Crippen molar-refractivity contribution in [1.82, 2.24) is 24.7 Å². The number of imidazole rings is 1. The third-order valence-corrected chi connectivity index (χ3v) is 7.19. The number of halogens is 2. The van der Waals surface area contributed by atoms with Crippen molar-refractivity contribution in [1.29, 1.82) is 0 Å². The second kappa shape index (κ2) is 13.8. The van der Waals surface area contributed by atoms with Gasteiger partial charge in [-0.15, -0.1) is 0 Å². The molecule has 3 heterocycles. The number of hydrogen-bond acceptors (Lipinski definition) is 10. The molecule has 43 heavy (non-hydrogen) atoms. The molecule has 0 aliphatic heterocycles. The van der Waals surface area contributed by atoms with Crippen LogP contribution in [0, 0.1) is 0 Å². The monoisotopic (exact) mass is 637 g/mol. The number of hydrogen-bond donors (Lipinski definition) is 1. The Morgan fingerprint density at radius 3 is 2.49 bits per heavy atom. The zero-order valence-electron chi connectivity index (χ0n) is 23.0. The molecule has 0 aliphatic rings. The summed E-state index contributed by atoms with van der Waals surface area (Å²) in [5, 5.41) is 12.4. The van der Waals surface area contributed by atoms with E-state index in [1.807, 2.05) is 42.7 Å². The Bertz CT molecular complexity index is 1730. The van der Waals surface area contributed by atoms with Crippen LogP contribution in [0.1, 0.15) is 12.6 Å². The van der Waals surface area contributed by atoms with Crippen LogP contribution >= 0.6 is 35.0 Å². The van der Waals surface area contributed by atoms with Crippen LogP contribution in [-0.2, 0) is 16.1 Å². The molecule has 10 nitrogen and oxygen atoms in total. The summed E-state index contributed by atoms with van der Waals surface area (Å²) in [4.78, 5) is 29.6. The minimum absolute atomic E-state index is 0.0704. The van der Waals surface area contributed by atoms with E-state index in [9.17, 15) is 10.0 Å². The number of rotatable bonds is 11. The molecule has 5 aromatic rings. The number of carbonyl (C=O) groups excluding carboxylic acids is 1. The van der Waals surface area contributed by atoms with E-state index in [1.54, 1.807) is 31.5 Å². The van der Waals surface area contributed by atoms with Crippen LogP contribution in [0.4, 0.5) is 0 Å². The van der Waals surface area contributed by atoms with Crippen molar-refractivity contribution in [3.05, 3.63) is 88.8 Å². The number of ether oxygens (including phenoxy) is 3. The maximum Gasteiger partial charge on any atom is 0.344 e. The van der Waals surface area contributed by atoms with Crippen molar-refractivity contribution in [3.63, 3.8) is 0 Å². The van der Waals surface area contributed by atoms with E-state index in [1.165, 1.54) is 23.9 Å². The smallest absolute Gasteiger partial charge is 0.344 e. The fourth-order valence-electron chi connectivity index (χ4n) is 4.15. The van der Waals surface area contributed by atoms with Crippen LogP contribution in [0.15, 0.2) is 78.2 Å². The van der Waals surface area contributed by atoms with Gasteiger partial charge in [0, 0.05) is 18.0 Å². The molecule has 0 saturated heterocycles. The highest BCUT2D eigenvalue weighted by Crippen LogP contribution is 2.42. The highest BCUT2D eigenvalue weighted by atomic mass is 35.5. The fraction of sp³-hybridized carbons (Fsp3) is 0.167. The molecule has 3 aromatic heterocycles. The minimum atomic E-state index is -0.528. The Morgan fingerprint density at radius 1 is 0.953 bits per heavy atom. The molecule has 0 aliphatic carbocycles. The standard InChI is InChI=1S/C30H25Cl2N5O5S/c1-3-40-25(38)17-42-21-14-22(31)26(23(32)15-21)29-36-27(24-10-12-34-30(35-24)43-2)28(37(29)39)18-7-6-9-20(13-18)41-16-19-8-4-5-11-33-19/h4-15,39H,3,16-17H2,1-2H3. The first-order valence-corrected chi connectivity index (χ1v) is 15.0. The molecule has 0 amide bonds. The van der Waals surface area contributed by atoms with E-state index in [0.717, 1.165) is 10.4 Å². The van der Waals surface area contributed by atoms with Gasteiger partial charge >= 0.3 is 5.97 Å². The number of esters is 1. The lowest BCUT2D eigenvalue weighted by Crippen LogP contribution is -2.14. The Kier molecular flexibility index (Phi) is 9.65. The van der Waals surface area contributed by atoms with E-state index in [2.05, 4.69) is 15.0 Å². The second-order valence-corrected chi connectivity index (χ2v) is 10.5. The fourth-order valence-corrected chi connectivity index (χ4v) is 5.14. The van der Waals surface area contributed by atoms with Gasteiger partial charge in [0.1, 0.15) is 29.5 Å². The molecule has 0 saturated carbocycles. The Balaban J connectivity index is 1.57. The van der Waals surface area contributed by atoms with E-state index in [-0.39, 0.29) is 47.0 Å². The Hall–Kier alpha value is -4.32. The van der Waals surface area contributed by atoms with Crippen LogP contribution in [0.2, 0.25) is 10.0 Å². The highest BCUT2D eigenvalue weighted by molar-refractivity contribution is 7.98. The van der Waals surface area contributed by atoms with Gasteiger partial charge in [-0.1, -0.05) is 53.2 Å². The molecule has 0 spiro atoms. The van der Waals surface area contributed by atoms with E-state index in [4.69, 9.17) is 42.4 Å². The highest BCUT2D eigenvalue weighted by Gasteiger charge is 2.26. The van der Waals surface area contributed by atoms with Crippen LogP contribution in [0.3, 0.4) is 0 Å². The number of pyridine rings is 1. The van der Waals surface area contributed by atoms with Crippen LogP contribution < -0.4 is 9.47 Å². The first kappa shape index (κ1) is 30.1. The van der Waals surface area contributed by atoms with Gasteiger partial charge in [-0.3, -0.25) is 4.98 Å². The molecule has 5 rings (SSSR count). The third-order valence-electron chi connectivity index (χ3n) is 6.03. The lowest BCUT2D eigenvalue weighted by atomic mass is 10.1. The molecule has 13 heteroatoms. The van der Waals surface area contributed by atoms with Crippen molar-refractivity contribution in [3.8, 4) is 45.5 Å². The molecule has 0 radical (unpaired) electrons. The van der Waals surface area contributed by atoms with Crippen molar-refractivity contribution in [2.24, 2.45) is 0 Å². The molecule has 0 fully saturated rings. The average molecular weight is 639 g/mol. The Labute approximate surface area is 261 Å². The van der Waals surface area contributed by atoms with Crippen LogP contribution in [0.25, 0.3) is 34.0 Å². The van der Waals surface area contributed by atoms with Gasteiger partial charge in [-0.25, -0.2) is 19.7 Å². The Morgan fingerprint density at radius 2 is 1.77 bits per heavy atom. The summed E-state index contributed by atoms with van der Waals surface area (Å²) in [5.74, 6) is 0.353. The van der Waals surface area contributed by atoms with Crippen LogP contribution in [-0.4, -0.2) is 55.3 Å². The van der Waals surface area contributed by atoms with Gasteiger partial charge in [0.25, 0.3) is 0 Å². The lowest BCUT2D eigenvalue weighted by molar-refractivity contribution is -0.145. The number of aromatic nitrogens is 5. The maximum absolute atomic E-state index is 11.7. The van der Waals surface area contributed by atoms with E-state index < -0.39 is 5.97 Å². The van der Waals surface area contributed by atoms with Gasteiger partial charge in [0.15, 0.2) is 17.6 Å². The predicted octanol–water partition coefficient (Wildman–Crippen LogP) is 6.86. The number of benzene rings is 2. The third kappa shape index (κ3) is 7.02. The quantitative estimate of drug-likeness (QED) is 0.0711. The predicted molar refractivity (Wildman–Crippen MR) is 164 cm³/mol. The average Bonchev–Trinajstić information content (AvgIpc) is 3.36. The molecule has 1 N–H and O–H groups in total. The van der Waals surface area contributed by atoms with E-state index >= 15 is 0 Å². The van der Waals surface area contributed by atoms with Crippen molar-refractivity contribution >= 4 is 40.9 Å². The summed E-state index contributed by atoms with van der Waals surface area (Å²) >= 11 is 14.7. The zero-order valence-corrected chi connectivity index (χ0v) is 25.4. The van der Waals surface area contributed by atoms with Gasteiger partial charge < -0.3 is 19.4 Å². The van der Waals surface area contributed by atoms with Gasteiger partial charge in [0.2, 0.25) is 0 Å².